The van der Waals surface area contributed by atoms with Crippen molar-refractivity contribution in [2.45, 2.75) is 32.6 Å². The number of aryl methyl sites for hydroxylation is 1. The van der Waals surface area contributed by atoms with Crippen LogP contribution in [-0.4, -0.2) is 0 Å². The summed E-state index contributed by atoms with van der Waals surface area (Å²) >= 11 is 0. The van der Waals surface area contributed by atoms with Gasteiger partial charge in [0, 0.05) is 0 Å². The molecule has 0 radical (unpaired) electrons. The van der Waals surface area contributed by atoms with E-state index in [-0.39, 0.29) is 0 Å². The molecule has 2 atom stereocenters. The van der Waals surface area contributed by atoms with E-state index in [1.165, 1.54) is 31.2 Å². The Morgan fingerprint density at radius 1 is 1.23 bits per heavy atom. The van der Waals surface area contributed by atoms with E-state index >= 15 is 0 Å². The maximum Gasteiger partial charge on any atom is -0.0279 e. The fourth-order valence-electron chi connectivity index (χ4n) is 2.01. The lowest BCUT2D eigenvalue weighted by atomic mass is 10.1. The molecule has 0 heteroatoms. The van der Waals surface area contributed by atoms with Gasteiger partial charge in [-0.3, -0.25) is 0 Å². The molecule has 0 N–H and O–H groups in total. The van der Waals surface area contributed by atoms with Crippen LogP contribution in [0.5, 0.6) is 0 Å². The van der Waals surface area contributed by atoms with Crippen LogP contribution in [0.2, 0.25) is 0 Å². The zero-order valence-corrected chi connectivity index (χ0v) is 8.37. The minimum Gasteiger partial charge on any atom is -0.0622 e. The standard InChI is InChI=1S/C13H18/c1-11-10-13(11)9-5-8-12-6-3-2-4-7-12/h2-4,6-7,11,13H,5,8-10H2,1H3/t11-,13-/m0/s1. The molecule has 1 aromatic rings. The molecule has 0 spiro atoms. The van der Waals surface area contributed by atoms with Crippen molar-refractivity contribution in [1.82, 2.24) is 0 Å². The molecule has 1 aromatic carbocycles. The van der Waals surface area contributed by atoms with Crippen molar-refractivity contribution in [2.75, 3.05) is 0 Å². The van der Waals surface area contributed by atoms with Gasteiger partial charge in [-0.25, -0.2) is 0 Å². The molecule has 70 valence electrons. The van der Waals surface area contributed by atoms with Gasteiger partial charge in [-0.1, -0.05) is 37.3 Å². The minimum atomic E-state index is 1.02. The first-order valence-electron chi connectivity index (χ1n) is 5.40. The lowest BCUT2D eigenvalue weighted by Crippen LogP contribution is -1.86. The molecule has 0 unspecified atom stereocenters. The van der Waals surface area contributed by atoms with E-state index in [4.69, 9.17) is 0 Å². The van der Waals surface area contributed by atoms with Gasteiger partial charge in [0.25, 0.3) is 0 Å². The number of benzene rings is 1. The summed E-state index contributed by atoms with van der Waals surface area (Å²) in [6, 6.07) is 10.8. The fourth-order valence-corrected chi connectivity index (χ4v) is 2.01. The lowest BCUT2D eigenvalue weighted by Gasteiger charge is -1.99. The molecular weight excluding hydrogens is 156 g/mol. The highest BCUT2D eigenvalue weighted by Gasteiger charge is 2.31. The summed E-state index contributed by atoms with van der Waals surface area (Å²) in [5.74, 6) is 2.08. The summed E-state index contributed by atoms with van der Waals surface area (Å²) in [5, 5.41) is 0. The highest BCUT2D eigenvalue weighted by atomic mass is 14.4. The van der Waals surface area contributed by atoms with Crippen LogP contribution < -0.4 is 0 Å². The molecule has 0 aromatic heterocycles. The van der Waals surface area contributed by atoms with Crippen LogP contribution in [0.4, 0.5) is 0 Å². The van der Waals surface area contributed by atoms with E-state index in [2.05, 4.69) is 37.3 Å². The van der Waals surface area contributed by atoms with E-state index in [1.807, 2.05) is 0 Å². The van der Waals surface area contributed by atoms with Gasteiger partial charge < -0.3 is 0 Å². The zero-order valence-electron chi connectivity index (χ0n) is 8.37. The Kier molecular flexibility index (Phi) is 2.68. The van der Waals surface area contributed by atoms with Crippen LogP contribution in [-0.2, 0) is 6.42 Å². The normalized spacial score (nSPS) is 25.9. The number of hydrogen-bond donors (Lipinski definition) is 0. The van der Waals surface area contributed by atoms with Crippen LogP contribution in [0.15, 0.2) is 30.3 Å². The van der Waals surface area contributed by atoms with Gasteiger partial charge in [-0.05, 0) is 43.1 Å². The third-order valence-corrected chi connectivity index (χ3v) is 3.16. The van der Waals surface area contributed by atoms with Crippen LogP contribution >= 0.6 is 0 Å². The molecule has 0 aliphatic heterocycles. The molecule has 0 saturated heterocycles. The van der Waals surface area contributed by atoms with Gasteiger partial charge in [0.05, 0.1) is 0 Å². The van der Waals surface area contributed by atoms with Crippen molar-refractivity contribution in [3.05, 3.63) is 35.9 Å². The lowest BCUT2D eigenvalue weighted by molar-refractivity contribution is 0.629. The molecule has 1 saturated carbocycles. The summed E-state index contributed by atoms with van der Waals surface area (Å²) in [7, 11) is 0. The van der Waals surface area contributed by atoms with E-state index in [1.54, 1.807) is 0 Å². The van der Waals surface area contributed by atoms with Gasteiger partial charge in [-0.2, -0.15) is 0 Å². The van der Waals surface area contributed by atoms with Crippen molar-refractivity contribution in [3.63, 3.8) is 0 Å². The molecule has 0 amide bonds. The van der Waals surface area contributed by atoms with E-state index in [9.17, 15) is 0 Å². The van der Waals surface area contributed by atoms with Gasteiger partial charge in [-0.15, -0.1) is 0 Å². The van der Waals surface area contributed by atoms with Gasteiger partial charge in [0.15, 0.2) is 0 Å². The molecule has 13 heavy (non-hydrogen) atoms. The highest BCUT2D eigenvalue weighted by Crippen LogP contribution is 2.41. The van der Waals surface area contributed by atoms with Crippen molar-refractivity contribution >= 4 is 0 Å². The summed E-state index contributed by atoms with van der Waals surface area (Å²) in [6.45, 7) is 2.37. The Morgan fingerprint density at radius 2 is 1.92 bits per heavy atom. The predicted octanol–water partition coefficient (Wildman–Crippen LogP) is 3.67. The Bertz CT molecular complexity index is 250. The summed E-state index contributed by atoms with van der Waals surface area (Å²) in [4.78, 5) is 0. The Labute approximate surface area is 81.0 Å². The summed E-state index contributed by atoms with van der Waals surface area (Å²) in [6.07, 6.45) is 5.56. The second kappa shape index (κ2) is 3.95. The third kappa shape index (κ3) is 2.58. The van der Waals surface area contributed by atoms with Crippen LogP contribution in [0.3, 0.4) is 0 Å². The third-order valence-electron chi connectivity index (χ3n) is 3.16. The monoisotopic (exact) mass is 174 g/mol. The molecule has 1 aliphatic carbocycles. The summed E-state index contributed by atoms with van der Waals surface area (Å²) in [5.41, 5.74) is 1.50. The van der Waals surface area contributed by atoms with Gasteiger partial charge >= 0.3 is 0 Å². The van der Waals surface area contributed by atoms with Gasteiger partial charge in [0.1, 0.15) is 0 Å². The second-order valence-corrected chi connectivity index (χ2v) is 4.35. The van der Waals surface area contributed by atoms with Crippen molar-refractivity contribution < 1.29 is 0 Å². The van der Waals surface area contributed by atoms with Crippen LogP contribution in [0, 0.1) is 11.8 Å². The van der Waals surface area contributed by atoms with Crippen LogP contribution in [0.25, 0.3) is 0 Å². The van der Waals surface area contributed by atoms with E-state index in [0.717, 1.165) is 11.8 Å². The number of hydrogen-bond acceptors (Lipinski definition) is 0. The molecule has 0 nitrogen and oxygen atoms in total. The maximum absolute atomic E-state index is 2.37. The first kappa shape index (κ1) is 8.80. The Balaban J connectivity index is 1.68. The van der Waals surface area contributed by atoms with E-state index < -0.39 is 0 Å². The molecule has 1 aliphatic rings. The van der Waals surface area contributed by atoms with E-state index in [0.29, 0.717) is 0 Å². The van der Waals surface area contributed by atoms with Crippen molar-refractivity contribution in [3.8, 4) is 0 Å². The minimum absolute atomic E-state index is 1.02. The Morgan fingerprint density at radius 3 is 2.54 bits per heavy atom. The Hall–Kier alpha value is -0.780. The number of rotatable bonds is 4. The second-order valence-electron chi connectivity index (χ2n) is 4.35. The largest absolute Gasteiger partial charge is 0.0622 e. The molecular formula is C13H18. The SMILES string of the molecule is C[C@H]1C[C@@H]1CCCc1ccccc1. The first-order chi connectivity index (χ1) is 6.36. The van der Waals surface area contributed by atoms with Gasteiger partial charge in [0.2, 0.25) is 0 Å². The summed E-state index contributed by atoms with van der Waals surface area (Å²) < 4.78 is 0. The molecule has 0 bridgehead atoms. The first-order valence-corrected chi connectivity index (χ1v) is 5.40. The maximum atomic E-state index is 2.37. The van der Waals surface area contributed by atoms with Crippen molar-refractivity contribution in [2.24, 2.45) is 11.8 Å². The highest BCUT2D eigenvalue weighted by molar-refractivity contribution is 5.14. The average Bonchev–Trinajstić information content (AvgIpc) is 2.84. The quantitative estimate of drug-likeness (QED) is 0.653. The molecule has 0 heterocycles. The molecule has 2 rings (SSSR count). The average molecular weight is 174 g/mol. The smallest absolute Gasteiger partial charge is 0.0279 e. The predicted molar refractivity (Wildman–Crippen MR) is 56.7 cm³/mol. The molecule has 1 fully saturated rings. The van der Waals surface area contributed by atoms with Crippen LogP contribution in [0.1, 0.15) is 31.7 Å². The fraction of sp³-hybridized carbons (Fsp3) is 0.538. The topological polar surface area (TPSA) is 0 Å². The van der Waals surface area contributed by atoms with Crippen molar-refractivity contribution in [1.29, 1.82) is 0 Å². The zero-order chi connectivity index (χ0) is 9.10.